The van der Waals surface area contributed by atoms with Gasteiger partial charge >= 0.3 is 0 Å². The molecule has 3 aromatic carbocycles. The van der Waals surface area contributed by atoms with Crippen LogP contribution in [0.25, 0.3) is 22.0 Å². The Balaban J connectivity index is 1.50. The van der Waals surface area contributed by atoms with Crippen LogP contribution in [0.2, 0.25) is 5.02 Å². The van der Waals surface area contributed by atoms with Crippen LogP contribution >= 0.6 is 11.6 Å². The van der Waals surface area contributed by atoms with Crippen molar-refractivity contribution >= 4 is 44.2 Å². The number of hydrogen-bond donors (Lipinski definition) is 3. The van der Waals surface area contributed by atoms with Crippen molar-refractivity contribution in [1.82, 2.24) is 9.97 Å². The van der Waals surface area contributed by atoms with E-state index in [1.165, 1.54) is 18.2 Å². The van der Waals surface area contributed by atoms with Crippen LogP contribution in [0.5, 0.6) is 0 Å². The van der Waals surface area contributed by atoms with E-state index in [0.717, 1.165) is 43.4 Å². The predicted octanol–water partition coefficient (Wildman–Crippen LogP) is 6.31. The van der Waals surface area contributed by atoms with Gasteiger partial charge in [0.15, 0.2) is 5.82 Å². The normalized spacial score (nSPS) is 17.8. The van der Waals surface area contributed by atoms with Crippen LogP contribution in [0.1, 0.15) is 38.2 Å². The Morgan fingerprint density at radius 1 is 1.08 bits per heavy atom. The lowest BCUT2D eigenvalue weighted by atomic mass is 9.93. The van der Waals surface area contributed by atoms with E-state index in [1.807, 2.05) is 6.92 Å². The van der Waals surface area contributed by atoms with Gasteiger partial charge in [0, 0.05) is 17.6 Å². The molecule has 11 heteroatoms. The number of benzene rings is 3. The second-order valence-corrected chi connectivity index (χ2v) is 11.6. The SMILES string of the molecule is CCc1cc(-c2c(F)ccc(NS(=O)(=O)c3ccccc3Cl)c2F)cc2cnc(NC3CCC(O)CC3)nc12. The minimum atomic E-state index is -4.23. The minimum Gasteiger partial charge on any atom is -0.393 e. The van der Waals surface area contributed by atoms with Crippen LogP contribution < -0.4 is 10.0 Å². The molecule has 0 saturated heterocycles. The average molecular weight is 573 g/mol. The number of anilines is 2. The number of nitrogens with zero attached hydrogens (tertiary/aromatic N) is 2. The van der Waals surface area contributed by atoms with Gasteiger partial charge in [-0.2, -0.15) is 0 Å². The van der Waals surface area contributed by atoms with Gasteiger partial charge in [-0.1, -0.05) is 30.7 Å². The molecule has 1 saturated carbocycles. The van der Waals surface area contributed by atoms with E-state index in [9.17, 15) is 13.5 Å². The van der Waals surface area contributed by atoms with Gasteiger partial charge in [0.05, 0.1) is 27.9 Å². The summed E-state index contributed by atoms with van der Waals surface area (Å²) in [5, 5.41) is 13.6. The molecule has 0 spiro atoms. The highest BCUT2D eigenvalue weighted by molar-refractivity contribution is 7.92. The molecule has 1 aliphatic carbocycles. The van der Waals surface area contributed by atoms with Crippen molar-refractivity contribution in [2.45, 2.75) is 56.1 Å². The number of aryl methyl sites for hydroxylation is 1. The van der Waals surface area contributed by atoms with E-state index in [2.05, 4.69) is 20.0 Å². The molecule has 1 aromatic heterocycles. The van der Waals surface area contributed by atoms with E-state index in [1.54, 1.807) is 24.4 Å². The first-order valence-electron chi connectivity index (χ1n) is 12.7. The summed E-state index contributed by atoms with van der Waals surface area (Å²) >= 11 is 6.03. The molecule has 3 N–H and O–H groups in total. The second-order valence-electron chi connectivity index (χ2n) is 9.59. The Labute approximate surface area is 230 Å². The summed E-state index contributed by atoms with van der Waals surface area (Å²) in [5.41, 5.74) is 0.879. The number of nitrogens with one attached hydrogen (secondary N) is 2. The summed E-state index contributed by atoms with van der Waals surface area (Å²) in [5.74, 6) is -1.43. The largest absolute Gasteiger partial charge is 0.393 e. The van der Waals surface area contributed by atoms with Crippen LogP contribution in [0, 0.1) is 11.6 Å². The maximum atomic E-state index is 15.7. The van der Waals surface area contributed by atoms with Crippen molar-refractivity contribution in [1.29, 1.82) is 0 Å². The third kappa shape index (κ3) is 5.68. The highest BCUT2D eigenvalue weighted by atomic mass is 35.5. The zero-order chi connectivity index (χ0) is 27.7. The van der Waals surface area contributed by atoms with Crippen molar-refractivity contribution in [3.05, 3.63) is 76.9 Å². The number of rotatable bonds is 7. The number of aliphatic hydroxyl groups excluding tert-OH is 1. The monoisotopic (exact) mass is 572 g/mol. The fourth-order valence-corrected chi connectivity index (χ4v) is 6.44. The van der Waals surface area contributed by atoms with Gasteiger partial charge < -0.3 is 10.4 Å². The smallest absolute Gasteiger partial charge is 0.263 e. The number of aromatic nitrogens is 2. The first kappa shape index (κ1) is 27.2. The van der Waals surface area contributed by atoms with Gasteiger partial charge in [-0.25, -0.2) is 27.2 Å². The van der Waals surface area contributed by atoms with Gasteiger partial charge in [0.2, 0.25) is 5.95 Å². The van der Waals surface area contributed by atoms with Gasteiger partial charge in [-0.05, 0) is 79.6 Å². The zero-order valence-corrected chi connectivity index (χ0v) is 22.7. The van der Waals surface area contributed by atoms with E-state index in [0.29, 0.717) is 23.3 Å². The number of halogens is 3. The number of aliphatic hydroxyl groups is 1. The summed E-state index contributed by atoms with van der Waals surface area (Å²) in [6, 6.07) is 11.2. The molecule has 0 atom stereocenters. The Morgan fingerprint density at radius 3 is 2.54 bits per heavy atom. The van der Waals surface area contributed by atoms with Crippen LogP contribution in [-0.4, -0.2) is 35.6 Å². The Hall–Kier alpha value is -3.34. The number of hydrogen-bond acceptors (Lipinski definition) is 6. The lowest BCUT2D eigenvalue weighted by molar-refractivity contribution is 0.126. The standard InChI is InChI=1S/C28H27ClF2N4O3S/c1-2-16-13-17(14-18-15-32-28(34-27(16)18)33-19-7-9-20(36)10-8-19)25-22(30)11-12-23(26(25)31)35-39(37,38)24-6-4-3-5-21(24)29/h3-6,11-15,19-20,35-36H,2,7-10H2,1H3,(H,32,33,34). The third-order valence-corrected chi connectivity index (χ3v) is 8.79. The Kier molecular flexibility index (Phi) is 7.70. The van der Waals surface area contributed by atoms with Crippen LogP contribution in [0.3, 0.4) is 0 Å². The molecule has 1 fully saturated rings. The van der Waals surface area contributed by atoms with E-state index in [4.69, 9.17) is 11.6 Å². The molecule has 0 aliphatic heterocycles. The van der Waals surface area contributed by atoms with Crippen molar-refractivity contribution in [2.75, 3.05) is 10.0 Å². The molecule has 0 unspecified atom stereocenters. The predicted molar refractivity (Wildman–Crippen MR) is 148 cm³/mol. The van der Waals surface area contributed by atoms with Gasteiger partial charge in [-0.15, -0.1) is 0 Å². The molecular weight excluding hydrogens is 546 g/mol. The lowest BCUT2D eigenvalue weighted by Crippen LogP contribution is -2.28. The van der Waals surface area contributed by atoms with Crippen LogP contribution in [0.4, 0.5) is 20.4 Å². The van der Waals surface area contributed by atoms with E-state index in [-0.39, 0.29) is 33.2 Å². The summed E-state index contributed by atoms with van der Waals surface area (Å²) in [7, 11) is -4.23. The Bertz CT molecular complexity index is 1640. The maximum absolute atomic E-state index is 15.7. The highest BCUT2D eigenvalue weighted by Crippen LogP contribution is 2.35. The Morgan fingerprint density at radius 2 is 1.82 bits per heavy atom. The first-order chi connectivity index (χ1) is 18.7. The first-order valence-corrected chi connectivity index (χ1v) is 14.5. The molecule has 7 nitrogen and oxygen atoms in total. The van der Waals surface area contributed by atoms with Gasteiger partial charge in [0.1, 0.15) is 10.7 Å². The quantitative estimate of drug-likeness (QED) is 0.240. The molecule has 0 radical (unpaired) electrons. The maximum Gasteiger partial charge on any atom is 0.263 e. The van der Waals surface area contributed by atoms with Crippen molar-refractivity contribution in [3.63, 3.8) is 0 Å². The summed E-state index contributed by atoms with van der Waals surface area (Å²) in [6.07, 6.45) is 4.95. The van der Waals surface area contributed by atoms with Crippen molar-refractivity contribution < 1.29 is 22.3 Å². The molecular formula is C28H27ClF2N4O3S. The second kappa shape index (κ2) is 11.0. The van der Waals surface area contributed by atoms with E-state index >= 15 is 8.78 Å². The molecule has 1 heterocycles. The molecule has 5 rings (SSSR count). The topological polar surface area (TPSA) is 104 Å². The number of sulfonamides is 1. The molecule has 204 valence electrons. The number of fused-ring (bicyclic) bond motifs is 1. The van der Waals surface area contributed by atoms with Crippen molar-refractivity contribution in [2.24, 2.45) is 0 Å². The van der Waals surface area contributed by atoms with Crippen LogP contribution in [-0.2, 0) is 16.4 Å². The fraction of sp³-hybridized carbons (Fsp3) is 0.286. The fourth-order valence-electron chi connectivity index (χ4n) is 4.86. The summed E-state index contributed by atoms with van der Waals surface area (Å²) in [4.78, 5) is 8.86. The average Bonchev–Trinajstić information content (AvgIpc) is 2.91. The van der Waals surface area contributed by atoms with Crippen molar-refractivity contribution in [3.8, 4) is 11.1 Å². The summed E-state index contributed by atoms with van der Waals surface area (Å²) < 4.78 is 58.7. The molecule has 1 aliphatic rings. The van der Waals surface area contributed by atoms with Gasteiger partial charge in [0.25, 0.3) is 10.0 Å². The molecule has 0 amide bonds. The molecule has 0 bridgehead atoms. The summed E-state index contributed by atoms with van der Waals surface area (Å²) in [6.45, 7) is 1.91. The van der Waals surface area contributed by atoms with Crippen LogP contribution in [0.15, 0.2) is 59.6 Å². The zero-order valence-electron chi connectivity index (χ0n) is 21.1. The van der Waals surface area contributed by atoms with Gasteiger partial charge in [-0.3, -0.25) is 4.72 Å². The molecule has 39 heavy (non-hydrogen) atoms. The third-order valence-electron chi connectivity index (χ3n) is 6.92. The van der Waals surface area contributed by atoms with E-state index < -0.39 is 27.3 Å². The highest BCUT2D eigenvalue weighted by Gasteiger charge is 2.24. The lowest BCUT2D eigenvalue weighted by Gasteiger charge is -2.26. The molecule has 4 aromatic rings. The minimum absolute atomic E-state index is 0.0233.